The van der Waals surface area contributed by atoms with E-state index < -0.39 is 0 Å². The molecule has 0 atom stereocenters. The standard InChI is InChI=1S/C24H34O8/c1-17(25)3-5-19(27)7-9-21(29)11-13-23(31)15-16-24(32)14-12-22(30)10-8-20(28)6-4-18(2)26/h3-16H2,1-2H3. The molecule has 178 valence electrons. The second kappa shape index (κ2) is 17.0. The summed E-state index contributed by atoms with van der Waals surface area (Å²) in [5.74, 6) is -1.32. The van der Waals surface area contributed by atoms with Crippen LogP contribution in [0.25, 0.3) is 0 Å². The van der Waals surface area contributed by atoms with Gasteiger partial charge in [-0.3, -0.25) is 28.8 Å². The van der Waals surface area contributed by atoms with Crippen LogP contribution < -0.4 is 0 Å². The quantitative estimate of drug-likeness (QED) is 0.260. The van der Waals surface area contributed by atoms with Crippen molar-refractivity contribution < 1.29 is 38.4 Å². The molecule has 0 spiro atoms. The zero-order valence-corrected chi connectivity index (χ0v) is 19.2. The lowest BCUT2D eigenvalue weighted by atomic mass is 10.00. The molecule has 0 fully saturated rings. The van der Waals surface area contributed by atoms with Gasteiger partial charge in [-0.05, 0) is 13.8 Å². The third kappa shape index (κ3) is 18.2. The molecule has 8 nitrogen and oxygen atoms in total. The van der Waals surface area contributed by atoms with Gasteiger partial charge in [0.25, 0.3) is 0 Å². The van der Waals surface area contributed by atoms with Gasteiger partial charge in [0.15, 0.2) is 0 Å². The minimum absolute atomic E-state index is 0.00137. The fourth-order valence-electron chi connectivity index (χ4n) is 2.78. The predicted octanol–water partition coefficient (Wildman–Crippen LogP) is 3.04. The van der Waals surface area contributed by atoms with Gasteiger partial charge in [-0.1, -0.05) is 0 Å². The van der Waals surface area contributed by atoms with Crippen LogP contribution in [-0.4, -0.2) is 46.3 Å². The van der Waals surface area contributed by atoms with E-state index in [1.54, 1.807) is 0 Å². The van der Waals surface area contributed by atoms with Gasteiger partial charge < -0.3 is 9.59 Å². The van der Waals surface area contributed by atoms with Gasteiger partial charge in [0.05, 0.1) is 0 Å². The highest BCUT2D eigenvalue weighted by Gasteiger charge is 2.14. The van der Waals surface area contributed by atoms with Gasteiger partial charge in [-0.2, -0.15) is 0 Å². The molecule has 0 aliphatic carbocycles. The van der Waals surface area contributed by atoms with Crippen LogP contribution in [0, 0.1) is 0 Å². The number of hydrogen-bond donors (Lipinski definition) is 0. The summed E-state index contributed by atoms with van der Waals surface area (Å²) in [7, 11) is 0. The summed E-state index contributed by atoms with van der Waals surface area (Å²) < 4.78 is 0. The molecule has 0 unspecified atom stereocenters. The smallest absolute Gasteiger partial charge is 0.133 e. The largest absolute Gasteiger partial charge is 0.300 e. The molecular formula is C24H34O8. The van der Waals surface area contributed by atoms with Crippen molar-refractivity contribution in [3.05, 3.63) is 0 Å². The Hall–Kier alpha value is -2.64. The first-order valence-corrected chi connectivity index (χ1v) is 11.1. The molecule has 0 aliphatic rings. The number of Topliss-reactive ketones (excluding diaryl/α,β-unsaturated/α-hetero) is 8. The number of ketones is 8. The Morgan fingerprint density at radius 1 is 0.281 bits per heavy atom. The molecule has 0 aromatic carbocycles. The molecule has 0 radical (unpaired) electrons. The van der Waals surface area contributed by atoms with Gasteiger partial charge >= 0.3 is 0 Å². The maximum atomic E-state index is 11.9. The normalized spacial score (nSPS) is 10.4. The zero-order chi connectivity index (χ0) is 24.5. The van der Waals surface area contributed by atoms with Crippen LogP contribution in [0.2, 0.25) is 0 Å². The lowest BCUT2D eigenvalue weighted by Crippen LogP contribution is -2.10. The molecule has 0 saturated carbocycles. The van der Waals surface area contributed by atoms with Gasteiger partial charge in [0.2, 0.25) is 0 Å². The molecular weight excluding hydrogens is 416 g/mol. The average Bonchev–Trinajstić information content (AvgIpc) is 2.74. The van der Waals surface area contributed by atoms with E-state index >= 15 is 0 Å². The summed E-state index contributed by atoms with van der Waals surface area (Å²) in [5, 5.41) is 0. The first kappa shape index (κ1) is 29.4. The molecule has 0 amide bonds. The van der Waals surface area contributed by atoms with Crippen molar-refractivity contribution in [3.63, 3.8) is 0 Å². The minimum Gasteiger partial charge on any atom is -0.300 e. The van der Waals surface area contributed by atoms with Gasteiger partial charge in [0.1, 0.15) is 46.3 Å². The maximum absolute atomic E-state index is 11.9. The van der Waals surface area contributed by atoms with Crippen LogP contribution in [0.4, 0.5) is 0 Å². The number of carbonyl (C=O) groups excluding carboxylic acids is 8. The van der Waals surface area contributed by atoms with Crippen LogP contribution >= 0.6 is 0 Å². The van der Waals surface area contributed by atoms with Crippen LogP contribution in [0.15, 0.2) is 0 Å². The number of rotatable bonds is 21. The molecule has 8 heteroatoms. The summed E-state index contributed by atoms with van der Waals surface area (Å²) in [4.78, 5) is 92.0. The van der Waals surface area contributed by atoms with E-state index in [0.717, 1.165) is 0 Å². The van der Waals surface area contributed by atoms with E-state index in [0.29, 0.717) is 0 Å². The zero-order valence-electron chi connectivity index (χ0n) is 19.2. The Bertz CT molecular complexity index is 670. The highest BCUT2D eigenvalue weighted by Crippen LogP contribution is 2.09. The lowest BCUT2D eigenvalue weighted by Gasteiger charge is -2.03. The van der Waals surface area contributed by atoms with Crippen LogP contribution in [0.5, 0.6) is 0 Å². The number of carbonyl (C=O) groups is 8. The van der Waals surface area contributed by atoms with E-state index in [4.69, 9.17) is 0 Å². The Morgan fingerprint density at radius 2 is 0.406 bits per heavy atom. The third-order valence-corrected chi connectivity index (χ3v) is 4.93. The van der Waals surface area contributed by atoms with Crippen molar-refractivity contribution in [2.75, 3.05) is 0 Å². The van der Waals surface area contributed by atoms with Crippen molar-refractivity contribution in [3.8, 4) is 0 Å². The SMILES string of the molecule is CC(=O)CCC(=O)CCC(=O)CCC(=O)CCC(=O)CCC(=O)CCC(=O)CCC(C)=O. The Morgan fingerprint density at radius 3 is 0.531 bits per heavy atom. The second-order valence-corrected chi connectivity index (χ2v) is 8.14. The van der Waals surface area contributed by atoms with E-state index in [1.807, 2.05) is 0 Å². The van der Waals surface area contributed by atoms with E-state index in [1.165, 1.54) is 13.8 Å². The Labute approximate surface area is 188 Å². The van der Waals surface area contributed by atoms with E-state index in [9.17, 15) is 38.4 Å². The first-order valence-electron chi connectivity index (χ1n) is 11.1. The molecule has 0 bridgehead atoms. The molecule has 0 N–H and O–H groups in total. The summed E-state index contributed by atoms with van der Waals surface area (Å²) in [6.07, 6.45) is 0.869. The molecule has 0 heterocycles. The lowest BCUT2D eigenvalue weighted by molar-refractivity contribution is -0.128. The monoisotopic (exact) mass is 450 g/mol. The van der Waals surface area contributed by atoms with Gasteiger partial charge in [0, 0.05) is 89.9 Å². The summed E-state index contributed by atoms with van der Waals surface area (Å²) in [6.45, 7) is 2.80. The second-order valence-electron chi connectivity index (χ2n) is 8.14. The topological polar surface area (TPSA) is 137 Å². The molecule has 0 aliphatic heterocycles. The summed E-state index contributed by atoms with van der Waals surface area (Å²) in [6, 6.07) is 0. The average molecular weight is 451 g/mol. The highest BCUT2D eigenvalue weighted by molar-refractivity contribution is 5.93. The first-order chi connectivity index (χ1) is 15.0. The van der Waals surface area contributed by atoms with E-state index in [2.05, 4.69) is 0 Å². The fraction of sp³-hybridized carbons (Fsp3) is 0.667. The maximum Gasteiger partial charge on any atom is 0.133 e. The Kier molecular flexibility index (Phi) is 15.6. The number of hydrogen-bond acceptors (Lipinski definition) is 8. The minimum atomic E-state index is -0.225. The van der Waals surface area contributed by atoms with Crippen molar-refractivity contribution >= 4 is 46.3 Å². The van der Waals surface area contributed by atoms with Crippen LogP contribution in [0.3, 0.4) is 0 Å². The van der Waals surface area contributed by atoms with Crippen molar-refractivity contribution in [1.82, 2.24) is 0 Å². The molecule has 0 aromatic heterocycles. The molecule has 0 aromatic rings. The van der Waals surface area contributed by atoms with Crippen LogP contribution in [0.1, 0.15) is 104 Å². The third-order valence-electron chi connectivity index (χ3n) is 4.93. The van der Waals surface area contributed by atoms with Gasteiger partial charge in [-0.25, -0.2) is 0 Å². The molecule has 32 heavy (non-hydrogen) atoms. The summed E-state index contributed by atoms with van der Waals surface area (Å²) >= 11 is 0. The molecule has 0 saturated heterocycles. The van der Waals surface area contributed by atoms with Crippen LogP contribution in [-0.2, 0) is 38.4 Å². The van der Waals surface area contributed by atoms with E-state index in [-0.39, 0.29) is 136 Å². The molecule has 0 rings (SSSR count). The fourth-order valence-corrected chi connectivity index (χ4v) is 2.78. The van der Waals surface area contributed by atoms with Crippen molar-refractivity contribution in [1.29, 1.82) is 0 Å². The van der Waals surface area contributed by atoms with Gasteiger partial charge in [-0.15, -0.1) is 0 Å². The van der Waals surface area contributed by atoms with Crippen molar-refractivity contribution in [2.45, 2.75) is 104 Å². The Balaban J connectivity index is 3.89. The summed E-state index contributed by atoms with van der Waals surface area (Å²) in [5.41, 5.74) is 0. The highest BCUT2D eigenvalue weighted by atomic mass is 16.2. The predicted molar refractivity (Wildman–Crippen MR) is 116 cm³/mol. The van der Waals surface area contributed by atoms with Crippen molar-refractivity contribution in [2.24, 2.45) is 0 Å².